The smallest absolute Gasteiger partial charge is 0.356 e. The third-order valence-electron chi connectivity index (χ3n) is 3.27. The summed E-state index contributed by atoms with van der Waals surface area (Å²) in [7, 11) is 0. The Labute approximate surface area is 135 Å². The van der Waals surface area contributed by atoms with Gasteiger partial charge in [0, 0.05) is 13.2 Å². The number of benzene rings is 1. The van der Waals surface area contributed by atoms with E-state index in [-0.39, 0.29) is 5.69 Å². The van der Waals surface area contributed by atoms with Crippen LogP contribution in [0.1, 0.15) is 28.9 Å². The molecule has 0 spiro atoms. The van der Waals surface area contributed by atoms with Crippen LogP contribution in [0.5, 0.6) is 0 Å². The molecule has 0 bridgehead atoms. The van der Waals surface area contributed by atoms with E-state index in [0.29, 0.717) is 5.82 Å². The summed E-state index contributed by atoms with van der Waals surface area (Å²) in [5.41, 5.74) is 1.24. The number of nitrogens with one attached hydrogen (secondary N) is 1. The largest absolute Gasteiger partial charge is 0.476 e. The molecule has 122 valence electrons. The van der Waals surface area contributed by atoms with E-state index in [9.17, 15) is 4.79 Å². The highest BCUT2D eigenvalue weighted by Crippen LogP contribution is 2.03. The van der Waals surface area contributed by atoms with E-state index in [1.54, 1.807) is 0 Å². The van der Waals surface area contributed by atoms with Crippen molar-refractivity contribution in [2.75, 3.05) is 25.1 Å². The fourth-order valence-corrected chi connectivity index (χ4v) is 2.01. The molecule has 2 rings (SSSR count). The van der Waals surface area contributed by atoms with Gasteiger partial charge < -0.3 is 15.2 Å². The summed E-state index contributed by atoms with van der Waals surface area (Å²) >= 11 is 0. The Balaban J connectivity index is 1.50. The van der Waals surface area contributed by atoms with Crippen molar-refractivity contribution in [3.8, 4) is 0 Å². The molecule has 6 heteroatoms. The molecule has 1 aromatic heterocycles. The Kier molecular flexibility index (Phi) is 7.00. The summed E-state index contributed by atoms with van der Waals surface area (Å²) in [4.78, 5) is 18.4. The number of hydrogen-bond acceptors (Lipinski definition) is 5. The van der Waals surface area contributed by atoms with Gasteiger partial charge in [-0.25, -0.2) is 14.8 Å². The van der Waals surface area contributed by atoms with E-state index in [0.717, 1.165) is 39.0 Å². The molecule has 0 fully saturated rings. The van der Waals surface area contributed by atoms with Gasteiger partial charge in [-0.2, -0.15) is 0 Å². The van der Waals surface area contributed by atoms with Gasteiger partial charge in [-0.05, 0) is 24.8 Å². The number of carbonyl (C=O) groups is 1. The number of unbranched alkanes of at least 4 members (excludes halogenated alkanes) is 1. The van der Waals surface area contributed by atoms with Crippen molar-refractivity contribution in [2.45, 2.75) is 19.3 Å². The second-order valence-electron chi connectivity index (χ2n) is 5.07. The molecule has 1 aromatic carbocycles. The predicted molar refractivity (Wildman–Crippen MR) is 87.7 cm³/mol. The van der Waals surface area contributed by atoms with Crippen LogP contribution in [-0.2, 0) is 11.2 Å². The minimum absolute atomic E-state index is 0.0534. The van der Waals surface area contributed by atoms with Crippen molar-refractivity contribution in [1.29, 1.82) is 0 Å². The van der Waals surface area contributed by atoms with E-state index in [2.05, 4.69) is 27.4 Å². The summed E-state index contributed by atoms with van der Waals surface area (Å²) in [5.74, 6) is -0.489. The molecule has 0 aliphatic carbocycles. The third kappa shape index (κ3) is 6.44. The first-order chi connectivity index (χ1) is 11.3. The topological polar surface area (TPSA) is 84.3 Å². The molecule has 2 aromatic rings. The maximum atomic E-state index is 10.7. The molecule has 0 aliphatic rings. The Hall–Kier alpha value is -2.47. The lowest BCUT2D eigenvalue weighted by molar-refractivity contribution is 0.0690. The highest BCUT2D eigenvalue weighted by molar-refractivity contribution is 5.84. The maximum absolute atomic E-state index is 10.7. The van der Waals surface area contributed by atoms with Crippen LogP contribution in [0.15, 0.2) is 42.7 Å². The average molecular weight is 315 g/mol. The zero-order chi connectivity index (χ0) is 16.3. The molecule has 0 saturated carbocycles. The molecular weight excluding hydrogens is 294 g/mol. The van der Waals surface area contributed by atoms with Crippen LogP contribution in [0.3, 0.4) is 0 Å². The van der Waals surface area contributed by atoms with Crippen LogP contribution >= 0.6 is 0 Å². The Morgan fingerprint density at radius 2 is 1.91 bits per heavy atom. The monoisotopic (exact) mass is 315 g/mol. The Morgan fingerprint density at radius 1 is 1.09 bits per heavy atom. The molecule has 0 amide bonds. The van der Waals surface area contributed by atoms with E-state index in [1.807, 2.05) is 18.2 Å². The predicted octanol–water partition coefficient (Wildman–Crippen LogP) is 2.63. The number of rotatable bonds is 10. The fourth-order valence-electron chi connectivity index (χ4n) is 2.01. The minimum atomic E-state index is -1.07. The zero-order valence-electron chi connectivity index (χ0n) is 12.9. The van der Waals surface area contributed by atoms with Crippen molar-refractivity contribution in [2.24, 2.45) is 0 Å². The first kappa shape index (κ1) is 16.9. The lowest BCUT2D eigenvalue weighted by Gasteiger charge is -2.06. The number of nitrogens with zero attached hydrogens (tertiary/aromatic N) is 2. The molecule has 1 heterocycles. The van der Waals surface area contributed by atoms with Crippen LogP contribution in [0.2, 0.25) is 0 Å². The Morgan fingerprint density at radius 3 is 2.61 bits per heavy atom. The molecule has 6 nitrogen and oxygen atoms in total. The van der Waals surface area contributed by atoms with Gasteiger partial charge in [0.15, 0.2) is 5.69 Å². The van der Waals surface area contributed by atoms with Gasteiger partial charge in [-0.15, -0.1) is 0 Å². The Bertz CT molecular complexity index is 588. The first-order valence-corrected chi connectivity index (χ1v) is 7.66. The van der Waals surface area contributed by atoms with Crippen molar-refractivity contribution in [3.63, 3.8) is 0 Å². The highest BCUT2D eigenvalue weighted by atomic mass is 16.5. The lowest BCUT2D eigenvalue weighted by Crippen LogP contribution is -2.08. The lowest BCUT2D eigenvalue weighted by atomic mass is 10.2. The summed E-state index contributed by atoms with van der Waals surface area (Å²) in [6.45, 7) is 2.22. The van der Waals surface area contributed by atoms with Crippen LogP contribution < -0.4 is 5.32 Å². The first-order valence-electron chi connectivity index (χ1n) is 7.66. The van der Waals surface area contributed by atoms with E-state index >= 15 is 0 Å². The van der Waals surface area contributed by atoms with Gasteiger partial charge >= 0.3 is 5.97 Å². The van der Waals surface area contributed by atoms with Gasteiger partial charge in [-0.3, -0.25) is 0 Å². The van der Waals surface area contributed by atoms with Crippen molar-refractivity contribution >= 4 is 11.8 Å². The van der Waals surface area contributed by atoms with E-state index in [4.69, 9.17) is 9.84 Å². The standard InChI is InChI=1S/C17H21N3O3/c21-17(22)15-12-20-16(13-19-15)18-9-4-5-10-23-11-8-14-6-2-1-3-7-14/h1-3,6-7,12-13H,4-5,8-11H2,(H,18,20)(H,21,22). The average Bonchev–Trinajstić information content (AvgIpc) is 2.58. The number of carboxylic acid groups (broad SMARTS) is 1. The highest BCUT2D eigenvalue weighted by Gasteiger charge is 2.04. The number of aromatic carboxylic acids is 1. The summed E-state index contributed by atoms with van der Waals surface area (Å²) in [6, 6.07) is 10.3. The molecule has 0 atom stereocenters. The van der Waals surface area contributed by atoms with Gasteiger partial charge in [0.25, 0.3) is 0 Å². The van der Waals surface area contributed by atoms with Gasteiger partial charge in [0.05, 0.1) is 19.0 Å². The summed E-state index contributed by atoms with van der Waals surface area (Å²) < 4.78 is 5.61. The number of hydrogen-bond donors (Lipinski definition) is 2. The number of carboxylic acids is 1. The maximum Gasteiger partial charge on any atom is 0.356 e. The summed E-state index contributed by atoms with van der Waals surface area (Å²) in [5, 5.41) is 11.8. The molecule has 0 aliphatic heterocycles. The zero-order valence-corrected chi connectivity index (χ0v) is 12.9. The minimum Gasteiger partial charge on any atom is -0.476 e. The molecule has 2 N–H and O–H groups in total. The van der Waals surface area contributed by atoms with Crippen LogP contribution in [0, 0.1) is 0 Å². The number of anilines is 1. The number of aromatic nitrogens is 2. The molecule has 0 unspecified atom stereocenters. The molecular formula is C17H21N3O3. The van der Waals surface area contributed by atoms with E-state index < -0.39 is 5.97 Å². The third-order valence-corrected chi connectivity index (χ3v) is 3.27. The normalized spacial score (nSPS) is 10.4. The fraction of sp³-hybridized carbons (Fsp3) is 0.353. The van der Waals surface area contributed by atoms with Gasteiger partial charge in [-0.1, -0.05) is 30.3 Å². The quantitative estimate of drug-likeness (QED) is 0.656. The van der Waals surface area contributed by atoms with Crippen molar-refractivity contribution in [3.05, 3.63) is 54.0 Å². The number of ether oxygens (including phenoxy) is 1. The van der Waals surface area contributed by atoms with E-state index in [1.165, 1.54) is 18.0 Å². The van der Waals surface area contributed by atoms with Crippen LogP contribution in [0.4, 0.5) is 5.82 Å². The van der Waals surface area contributed by atoms with Crippen LogP contribution in [0.25, 0.3) is 0 Å². The second kappa shape index (κ2) is 9.53. The van der Waals surface area contributed by atoms with Crippen LogP contribution in [-0.4, -0.2) is 40.8 Å². The second-order valence-corrected chi connectivity index (χ2v) is 5.07. The summed E-state index contributed by atoms with van der Waals surface area (Å²) in [6.07, 6.45) is 5.53. The van der Waals surface area contributed by atoms with Gasteiger partial charge in [0.1, 0.15) is 5.82 Å². The van der Waals surface area contributed by atoms with Gasteiger partial charge in [0.2, 0.25) is 0 Å². The van der Waals surface area contributed by atoms with Crippen molar-refractivity contribution < 1.29 is 14.6 Å². The SMILES string of the molecule is O=C(O)c1cnc(NCCCCOCCc2ccccc2)cn1. The molecule has 0 saturated heterocycles. The molecule has 23 heavy (non-hydrogen) atoms. The van der Waals surface area contributed by atoms with Crippen molar-refractivity contribution in [1.82, 2.24) is 9.97 Å². The molecule has 0 radical (unpaired) electrons.